The highest BCUT2D eigenvalue weighted by Gasteiger charge is 2.33. The molecule has 208 valence electrons. The van der Waals surface area contributed by atoms with Crippen LogP contribution in [0.25, 0.3) is 0 Å². The lowest BCUT2D eigenvalue weighted by Crippen LogP contribution is -2.53. The Bertz CT molecular complexity index is 1370. The third kappa shape index (κ3) is 9.07. The summed E-state index contributed by atoms with van der Waals surface area (Å²) < 4.78 is 40.2. The highest BCUT2D eigenvalue weighted by Crippen LogP contribution is 2.21. The standard InChI is InChI=1S/C29H33ClFN3O4S/c1-21(2)18-32-29(36)27(16-22-8-5-4-6-9-22)33(19-23-12-14-24(30)15-13-23)28(35)20-34(39(3,37)38)26-11-7-10-25(31)17-26/h4-15,17,21,27H,16,18-20H2,1-3H3,(H,32,36)/t27-/m1/s1. The molecule has 0 heterocycles. The van der Waals surface area contributed by atoms with Gasteiger partial charge in [-0.05, 0) is 47.4 Å². The predicted octanol–water partition coefficient (Wildman–Crippen LogP) is 4.66. The van der Waals surface area contributed by atoms with Gasteiger partial charge in [0.05, 0.1) is 11.9 Å². The lowest BCUT2D eigenvalue weighted by molar-refractivity contribution is -0.140. The van der Waals surface area contributed by atoms with E-state index in [9.17, 15) is 22.4 Å². The fourth-order valence-electron chi connectivity index (χ4n) is 4.01. The number of carbonyl (C=O) groups excluding carboxylic acids is 2. The summed E-state index contributed by atoms with van der Waals surface area (Å²) >= 11 is 6.05. The van der Waals surface area contributed by atoms with Crippen LogP contribution in [-0.4, -0.2) is 50.5 Å². The SMILES string of the molecule is CC(C)CNC(=O)[C@@H](Cc1ccccc1)N(Cc1ccc(Cl)cc1)C(=O)CN(c1cccc(F)c1)S(C)(=O)=O. The Balaban J connectivity index is 2.04. The molecule has 0 saturated heterocycles. The number of hydrogen-bond acceptors (Lipinski definition) is 4. The number of amides is 2. The summed E-state index contributed by atoms with van der Waals surface area (Å²) in [5.41, 5.74) is 1.56. The molecular weight excluding hydrogens is 541 g/mol. The molecule has 0 aromatic heterocycles. The average molecular weight is 574 g/mol. The van der Waals surface area contributed by atoms with E-state index >= 15 is 0 Å². The molecule has 1 atom stereocenters. The van der Waals surface area contributed by atoms with Gasteiger partial charge in [0.15, 0.2) is 0 Å². The summed E-state index contributed by atoms with van der Waals surface area (Å²) in [4.78, 5) is 28.8. The lowest BCUT2D eigenvalue weighted by Gasteiger charge is -2.33. The highest BCUT2D eigenvalue weighted by atomic mass is 35.5. The average Bonchev–Trinajstić information content (AvgIpc) is 2.88. The van der Waals surface area contributed by atoms with Gasteiger partial charge < -0.3 is 10.2 Å². The monoisotopic (exact) mass is 573 g/mol. The maximum atomic E-state index is 14.0. The molecule has 7 nitrogen and oxygen atoms in total. The van der Waals surface area contributed by atoms with Crippen LogP contribution >= 0.6 is 11.6 Å². The molecule has 1 N–H and O–H groups in total. The topological polar surface area (TPSA) is 86.8 Å². The molecule has 2 amide bonds. The van der Waals surface area contributed by atoms with Crippen molar-refractivity contribution in [3.8, 4) is 0 Å². The van der Waals surface area contributed by atoms with Gasteiger partial charge in [0, 0.05) is 24.5 Å². The van der Waals surface area contributed by atoms with Crippen LogP contribution in [0.5, 0.6) is 0 Å². The maximum absolute atomic E-state index is 14.0. The van der Waals surface area contributed by atoms with Crippen molar-refractivity contribution < 1.29 is 22.4 Å². The smallest absolute Gasteiger partial charge is 0.244 e. The van der Waals surface area contributed by atoms with Gasteiger partial charge in [-0.3, -0.25) is 13.9 Å². The number of nitrogens with zero attached hydrogens (tertiary/aromatic N) is 2. The Labute approximate surface area is 234 Å². The summed E-state index contributed by atoms with van der Waals surface area (Å²) in [6.07, 6.45) is 1.16. The Morgan fingerprint density at radius 1 is 0.949 bits per heavy atom. The minimum absolute atomic E-state index is 0.0150. The number of nitrogens with one attached hydrogen (secondary N) is 1. The molecule has 3 aromatic carbocycles. The van der Waals surface area contributed by atoms with Gasteiger partial charge in [-0.2, -0.15) is 0 Å². The van der Waals surface area contributed by atoms with Crippen molar-refractivity contribution in [3.63, 3.8) is 0 Å². The van der Waals surface area contributed by atoms with Gasteiger partial charge in [-0.1, -0.05) is 74.0 Å². The van der Waals surface area contributed by atoms with Crippen molar-refractivity contribution in [2.75, 3.05) is 23.7 Å². The molecule has 0 aliphatic carbocycles. The van der Waals surface area contributed by atoms with Crippen molar-refractivity contribution in [2.45, 2.75) is 32.9 Å². The number of sulfonamides is 1. The van der Waals surface area contributed by atoms with Gasteiger partial charge in [0.1, 0.15) is 18.4 Å². The molecular formula is C29H33ClFN3O4S. The van der Waals surface area contributed by atoms with Gasteiger partial charge in [-0.15, -0.1) is 0 Å². The first-order valence-corrected chi connectivity index (χ1v) is 14.8. The molecule has 39 heavy (non-hydrogen) atoms. The van der Waals surface area contributed by atoms with E-state index in [1.807, 2.05) is 44.2 Å². The molecule has 0 saturated carbocycles. The van der Waals surface area contributed by atoms with Gasteiger partial charge >= 0.3 is 0 Å². The maximum Gasteiger partial charge on any atom is 0.244 e. The minimum Gasteiger partial charge on any atom is -0.354 e. The molecule has 0 bridgehead atoms. The van der Waals surface area contributed by atoms with Crippen molar-refractivity contribution in [3.05, 3.63) is 101 Å². The van der Waals surface area contributed by atoms with Crippen LogP contribution in [0.4, 0.5) is 10.1 Å². The van der Waals surface area contributed by atoms with E-state index in [-0.39, 0.29) is 30.5 Å². The van der Waals surface area contributed by atoms with E-state index in [4.69, 9.17) is 11.6 Å². The summed E-state index contributed by atoms with van der Waals surface area (Å²) in [5.74, 6) is -1.42. The van der Waals surface area contributed by atoms with E-state index in [2.05, 4.69) is 5.32 Å². The summed E-state index contributed by atoms with van der Waals surface area (Å²) in [6.45, 7) is 3.76. The second-order valence-electron chi connectivity index (χ2n) is 9.74. The quantitative estimate of drug-likeness (QED) is 0.341. The fourth-order valence-corrected chi connectivity index (χ4v) is 4.98. The number of benzene rings is 3. The second-order valence-corrected chi connectivity index (χ2v) is 12.1. The zero-order chi connectivity index (χ0) is 28.6. The number of rotatable bonds is 12. The largest absolute Gasteiger partial charge is 0.354 e. The van der Waals surface area contributed by atoms with Crippen LogP contribution in [0.1, 0.15) is 25.0 Å². The molecule has 3 rings (SSSR count). The zero-order valence-corrected chi connectivity index (χ0v) is 23.8. The fraction of sp³-hybridized carbons (Fsp3) is 0.310. The van der Waals surface area contributed by atoms with Crippen LogP contribution in [0.3, 0.4) is 0 Å². The third-order valence-electron chi connectivity index (χ3n) is 6.00. The summed E-state index contributed by atoms with van der Waals surface area (Å²) in [5, 5.41) is 3.44. The van der Waals surface area contributed by atoms with Crippen molar-refractivity contribution in [2.24, 2.45) is 5.92 Å². The molecule has 0 radical (unpaired) electrons. The van der Waals surface area contributed by atoms with Crippen molar-refractivity contribution in [1.29, 1.82) is 0 Å². The van der Waals surface area contributed by atoms with E-state index in [0.29, 0.717) is 17.1 Å². The van der Waals surface area contributed by atoms with Crippen LogP contribution in [0.15, 0.2) is 78.9 Å². The molecule has 0 aliphatic rings. The third-order valence-corrected chi connectivity index (χ3v) is 7.39. The van der Waals surface area contributed by atoms with E-state index in [0.717, 1.165) is 22.2 Å². The number of halogens is 2. The van der Waals surface area contributed by atoms with Crippen LogP contribution in [0.2, 0.25) is 5.02 Å². The van der Waals surface area contributed by atoms with Crippen LogP contribution in [0, 0.1) is 11.7 Å². The van der Waals surface area contributed by atoms with E-state index in [1.165, 1.54) is 23.1 Å². The molecule has 10 heteroatoms. The van der Waals surface area contributed by atoms with Crippen LogP contribution in [-0.2, 0) is 32.6 Å². The normalized spacial score (nSPS) is 12.2. The predicted molar refractivity (Wildman–Crippen MR) is 152 cm³/mol. The molecule has 0 aliphatic heterocycles. The molecule has 0 spiro atoms. The summed E-state index contributed by atoms with van der Waals surface area (Å²) in [7, 11) is -3.97. The Morgan fingerprint density at radius 3 is 2.21 bits per heavy atom. The number of carbonyl (C=O) groups is 2. The zero-order valence-electron chi connectivity index (χ0n) is 22.2. The van der Waals surface area contributed by atoms with E-state index < -0.39 is 34.3 Å². The molecule has 0 fully saturated rings. The van der Waals surface area contributed by atoms with Gasteiger partial charge in [0.2, 0.25) is 21.8 Å². The highest BCUT2D eigenvalue weighted by molar-refractivity contribution is 7.92. The van der Waals surface area contributed by atoms with Crippen molar-refractivity contribution in [1.82, 2.24) is 10.2 Å². The summed E-state index contributed by atoms with van der Waals surface area (Å²) in [6, 6.07) is 20.2. The van der Waals surface area contributed by atoms with Gasteiger partial charge in [0.25, 0.3) is 0 Å². The number of anilines is 1. The van der Waals surface area contributed by atoms with Crippen molar-refractivity contribution >= 4 is 39.1 Å². The van der Waals surface area contributed by atoms with E-state index in [1.54, 1.807) is 24.3 Å². The molecule has 0 unspecified atom stereocenters. The Hall–Kier alpha value is -3.43. The van der Waals surface area contributed by atoms with Crippen LogP contribution < -0.4 is 9.62 Å². The first-order valence-electron chi connectivity index (χ1n) is 12.5. The first kappa shape index (κ1) is 30.1. The Kier molecular flexibility index (Phi) is 10.5. The van der Waals surface area contributed by atoms with Gasteiger partial charge in [-0.25, -0.2) is 12.8 Å². The minimum atomic E-state index is -3.97. The molecule has 3 aromatic rings. The second kappa shape index (κ2) is 13.6. The lowest BCUT2D eigenvalue weighted by atomic mass is 10.0. The number of hydrogen-bond donors (Lipinski definition) is 1. The Morgan fingerprint density at radius 2 is 1.62 bits per heavy atom. The first-order chi connectivity index (χ1) is 18.4.